The van der Waals surface area contributed by atoms with Gasteiger partial charge >= 0.3 is 0 Å². The lowest BCUT2D eigenvalue weighted by atomic mass is 10.3. The van der Waals surface area contributed by atoms with Crippen LogP contribution in [0.4, 0.5) is 0 Å². The molecule has 1 amide bonds. The monoisotopic (exact) mass is 168 g/mol. The second-order valence-corrected chi connectivity index (χ2v) is 3.83. The van der Waals surface area contributed by atoms with Gasteiger partial charge in [0, 0.05) is 25.6 Å². The summed E-state index contributed by atoms with van der Waals surface area (Å²) in [5.41, 5.74) is 0. The molecule has 68 valence electrons. The average molecular weight is 168 g/mol. The zero-order chi connectivity index (χ0) is 8.55. The van der Waals surface area contributed by atoms with Crippen LogP contribution in [0.1, 0.15) is 19.8 Å². The van der Waals surface area contributed by atoms with Gasteiger partial charge in [0.2, 0.25) is 5.91 Å². The molecule has 12 heavy (non-hydrogen) atoms. The molecule has 2 N–H and O–H groups in total. The van der Waals surface area contributed by atoms with Crippen molar-refractivity contribution in [3.8, 4) is 0 Å². The van der Waals surface area contributed by atoms with Gasteiger partial charge in [-0.3, -0.25) is 4.79 Å². The molecule has 0 aromatic rings. The molecule has 2 aliphatic rings. The van der Waals surface area contributed by atoms with E-state index < -0.39 is 0 Å². The fraction of sp³-hybridized carbons (Fsp3) is 0.889. The van der Waals surface area contributed by atoms with Gasteiger partial charge in [-0.15, -0.1) is 0 Å². The molecular formula is C9H16N2O. The lowest BCUT2D eigenvalue weighted by molar-refractivity contribution is -0.121. The van der Waals surface area contributed by atoms with Gasteiger partial charge in [-0.05, 0) is 18.3 Å². The van der Waals surface area contributed by atoms with Crippen molar-refractivity contribution in [3.05, 3.63) is 0 Å². The number of hydrogen-bond donors (Lipinski definition) is 2. The van der Waals surface area contributed by atoms with Gasteiger partial charge in [0.25, 0.3) is 0 Å². The largest absolute Gasteiger partial charge is 0.353 e. The van der Waals surface area contributed by atoms with Crippen molar-refractivity contribution in [2.75, 3.05) is 13.1 Å². The summed E-state index contributed by atoms with van der Waals surface area (Å²) in [6.45, 7) is 4.23. The van der Waals surface area contributed by atoms with Crippen molar-refractivity contribution < 1.29 is 4.79 Å². The number of hydrogen-bond acceptors (Lipinski definition) is 2. The second-order valence-electron chi connectivity index (χ2n) is 3.83. The fourth-order valence-corrected chi connectivity index (χ4v) is 2.12. The molecule has 1 saturated heterocycles. The summed E-state index contributed by atoms with van der Waals surface area (Å²) in [6, 6.07) is 0.505. The number of fused-ring (bicyclic) bond motifs is 1. The van der Waals surface area contributed by atoms with Crippen LogP contribution in [-0.2, 0) is 4.79 Å². The molecule has 0 bridgehead atoms. The third-order valence-electron chi connectivity index (χ3n) is 2.90. The first-order valence-corrected chi connectivity index (χ1v) is 4.83. The highest BCUT2D eigenvalue weighted by atomic mass is 16.1. The van der Waals surface area contributed by atoms with Gasteiger partial charge in [-0.1, -0.05) is 6.92 Å². The van der Waals surface area contributed by atoms with Gasteiger partial charge in [0.05, 0.1) is 0 Å². The molecule has 1 heterocycles. The van der Waals surface area contributed by atoms with Crippen LogP contribution in [0.2, 0.25) is 0 Å². The number of carbonyl (C=O) groups is 1. The predicted octanol–water partition coefficient (Wildman–Crippen LogP) is 0.120. The first-order chi connectivity index (χ1) is 5.83. The molecule has 0 spiro atoms. The Bertz CT molecular complexity index is 183. The molecule has 2 rings (SSSR count). The molecule has 0 aromatic carbocycles. The second kappa shape index (κ2) is 3.05. The summed E-state index contributed by atoms with van der Waals surface area (Å²) in [4.78, 5) is 11.2. The third kappa shape index (κ3) is 1.33. The topological polar surface area (TPSA) is 41.1 Å². The van der Waals surface area contributed by atoms with E-state index in [4.69, 9.17) is 0 Å². The van der Waals surface area contributed by atoms with Crippen molar-refractivity contribution >= 4 is 5.91 Å². The average Bonchev–Trinajstić information content (AvgIpc) is 2.51. The zero-order valence-electron chi connectivity index (χ0n) is 7.47. The number of carbonyl (C=O) groups excluding carboxylic acids is 1. The molecule has 1 aliphatic heterocycles. The molecule has 3 nitrogen and oxygen atoms in total. The number of piperidine rings is 1. The Hall–Kier alpha value is -0.570. The minimum atomic E-state index is 0.233. The van der Waals surface area contributed by atoms with Crippen molar-refractivity contribution in [1.29, 1.82) is 0 Å². The fourth-order valence-electron chi connectivity index (χ4n) is 2.12. The van der Waals surface area contributed by atoms with Crippen LogP contribution in [0.3, 0.4) is 0 Å². The lowest BCUT2D eigenvalue weighted by Crippen LogP contribution is -2.32. The van der Waals surface area contributed by atoms with E-state index in [1.165, 1.54) is 0 Å². The summed E-state index contributed by atoms with van der Waals surface area (Å²) in [5.74, 6) is 1.72. The van der Waals surface area contributed by atoms with Crippen molar-refractivity contribution in [3.63, 3.8) is 0 Å². The predicted molar refractivity (Wildman–Crippen MR) is 46.7 cm³/mol. The SMILES string of the molecule is CCCC(=O)NC1[C@H]2CNC[C@@H]12. The van der Waals surface area contributed by atoms with E-state index in [0.717, 1.165) is 31.3 Å². The van der Waals surface area contributed by atoms with E-state index in [1.54, 1.807) is 0 Å². The van der Waals surface area contributed by atoms with E-state index in [1.807, 2.05) is 6.92 Å². The Balaban J connectivity index is 1.72. The summed E-state index contributed by atoms with van der Waals surface area (Å²) < 4.78 is 0. The van der Waals surface area contributed by atoms with Crippen molar-refractivity contribution in [2.45, 2.75) is 25.8 Å². The smallest absolute Gasteiger partial charge is 0.220 e. The molecule has 0 radical (unpaired) electrons. The maximum Gasteiger partial charge on any atom is 0.220 e. The first kappa shape index (κ1) is 8.05. The molecule has 3 heteroatoms. The van der Waals surface area contributed by atoms with Gasteiger partial charge in [-0.25, -0.2) is 0 Å². The Morgan fingerprint density at radius 1 is 1.50 bits per heavy atom. The van der Waals surface area contributed by atoms with Crippen LogP contribution in [0, 0.1) is 11.8 Å². The summed E-state index contributed by atoms with van der Waals surface area (Å²) in [5, 5.41) is 6.38. The molecular weight excluding hydrogens is 152 g/mol. The van der Waals surface area contributed by atoms with E-state index in [0.29, 0.717) is 12.5 Å². The normalized spacial score (nSPS) is 37.6. The number of amides is 1. The summed E-state index contributed by atoms with van der Waals surface area (Å²) in [7, 11) is 0. The van der Waals surface area contributed by atoms with Crippen LogP contribution in [0.15, 0.2) is 0 Å². The lowest BCUT2D eigenvalue weighted by Gasteiger charge is -2.06. The number of rotatable bonds is 3. The third-order valence-corrected chi connectivity index (χ3v) is 2.90. The highest BCUT2D eigenvalue weighted by Crippen LogP contribution is 2.41. The summed E-state index contributed by atoms with van der Waals surface area (Å²) >= 11 is 0. The number of nitrogens with one attached hydrogen (secondary N) is 2. The van der Waals surface area contributed by atoms with E-state index >= 15 is 0 Å². The molecule has 2 fully saturated rings. The van der Waals surface area contributed by atoms with Crippen molar-refractivity contribution in [1.82, 2.24) is 10.6 Å². The Kier molecular flexibility index (Phi) is 2.05. The maximum atomic E-state index is 11.2. The van der Waals surface area contributed by atoms with Crippen LogP contribution in [-0.4, -0.2) is 25.0 Å². The Morgan fingerprint density at radius 2 is 2.17 bits per heavy atom. The minimum Gasteiger partial charge on any atom is -0.353 e. The highest BCUT2D eigenvalue weighted by Gasteiger charge is 2.53. The zero-order valence-corrected chi connectivity index (χ0v) is 7.47. The molecule has 1 unspecified atom stereocenters. The molecule has 0 aromatic heterocycles. The van der Waals surface area contributed by atoms with Gasteiger partial charge in [-0.2, -0.15) is 0 Å². The van der Waals surface area contributed by atoms with Crippen LogP contribution in [0.5, 0.6) is 0 Å². The van der Waals surface area contributed by atoms with Gasteiger partial charge < -0.3 is 10.6 Å². The molecule has 1 aliphatic carbocycles. The van der Waals surface area contributed by atoms with Gasteiger partial charge in [0.15, 0.2) is 0 Å². The molecule has 3 atom stereocenters. The first-order valence-electron chi connectivity index (χ1n) is 4.83. The summed E-state index contributed by atoms with van der Waals surface area (Å²) in [6.07, 6.45) is 1.63. The quantitative estimate of drug-likeness (QED) is 0.628. The van der Waals surface area contributed by atoms with E-state index in [-0.39, 0.29) is 5.91 Å². The van der Waals surface area contributed by atoms with Gasteiger partial charge in [0.1, 0.15) is 0 Å². The van der Waals surface area contributed by atoms with Crippen LogP contribution >= 0.6 is 0 Å². The van der Waals surface area contributed by atoms with Crippen LogP contribution in [0.25, 0.3) is 0 Å². The van der Waals surface area contributed by atoms with Crippen molar-refractivity contribution in [2.24, 2.45) is 11.8 Å². The maximum absolute atomic E-state index is 11.2. The molecule has 1 saturated carbocycles. The standard InChI is InChI=1S/C9H16N2O/c1-2-3-8(12)11-9-6-4-10-5-7(6)9/h6-7,9-10H,2-5H2,1H3,(H,11,12)/t6-,7+,9?. The van der Waals surface area contributed by atoms with E-state index in [2.05, 4.69) is 10.6 Å². The van der Waals surface area contributed by atoms with E-state index in [9.17, 15) is 4.79 Å². The minimum absolute atomic E-state index is 0.233. The van der Waals surface area contributed by atoms with Crippen LogP contribution < -0.4 is 10.6 Å². The Labute approximate surface area is 72.9 Å². The highest BCUT2D eigenvalue weighted by molar-refractivity contribution is 5.76. The Morgan fingerprint density at radius 3 is 2.75 bits per heavy atom.